The van der Waals surface area contributed by atoms with Crippen LogP contribution in [0.25, 0.3) is 0 Å². The Morgan fingerprint density at radius 1 is 1.27 bits per heavy atom. The summed E-state index contributed by atoms with van der Waals surface area (Å²) in [6.07, 6.45) is 17.6. The Morgan fingerprint density at radius 2 is 2.04 bits per heavy atom. The third-order valence-electron chi connectivity index (χ3n) is 7.16. The van der Waals surface area contributed by atoms with Gasteiger partial charge in [0.05, 0.1) is 12.2 Å². The molecule has 4 unspecified atom stereocenters. The lowest BCUT2D eigenvalue weighted by molar-refractivity contribution is -0.107. The summed E-state index contributed by atoms with van der Waals surface area (Å²) < 4.78 is 0. The highest BCUT2D eigenvalue weighted by Crippen LogP contribution is 2.49. The van der Waals surface area contributed by atoms with E-state index in [1.807, 2.05) is 6.08 Å². The zero-order chi connectivity index (χ0) is 18.5. The lowest BCUT2D eigenvalue weighted by Gasteiger charge is -2.25. The molecule has 0 heterocycles. The Bertz CT molecular complexity index is 518. The molecule has 6 atom stereocenters. The second-order valence-electron chi connectivity index (χ2n) is 8.93. The van der Waals surface area contributed by atoms with E-state index in [1.54, 1.807) is 0 Å². The van der Waals surface area contributed by atoms with Crippen LogP contribution < -0.4 is 0 Å². The normalized spacial score (nSPS) is 34.7. The van der Waals surface area contributed by atoms with Crippen LogP contribution in [-0.4, -0.2) is 28.7 Å². The van der Waals surface area contributed by atoms with Crippen molar-refractivity contribution in [1.29, 1.82) is 0 Å². The fourth-order valence-corrected chi connectivity index (χ4v) is 5.48. The van der Waals surface area contributed by atoms with Crippen molar-refractivity contribution >= 4 is 6.29 Å². The molecule has 3 nitrogen and oxygen atoms in total. The molecule has 26 heavy (non-hydrogen) atoms. The molecule has 146 valence electrons. The van der Waals surface area contributed by atoms with Crippen LogP contribution in [0.5, 0.6) is 0 Å². The Morgan fingerprint density at radius 3 is 2.77 bits per heavy atom. The fraction of sp³-hybridized carbons (Fsp3) is 0.783. The molecular formula is C23H36O3. The van der Waals surface area contributed by atoms with Gasteiger partial charge in [-0.15, -0.1) is 0 Å². The minimum Gasteiger partial charge on any atom is -0.392 e. The molecule has 0 saturated heterocycles. The molecule has 0 bridgehead atoms. The van der Waals surface area contributed by atoms with Gasteiger partial charge in [0.1, 0.15) is 6.29 Å². The molecule has 0 aromatic rings. The van der Waals surface area contributed by atoms with Crippen molar-refractivity contribution in [3.8, 4) is 0 Å². The highest BCUT2D eigenvalue weighted by atomic mass is 16.3. The van der Waals surface area contributed by atoms with Crippen LogP contribution in [0.1, 0.15) is 71.1 Å². The van der Waals surface area contributed by atoms with E-state index < -0.39 is 0 Å². The second kappa shape index (κ2) is 9.32. The number of aliphatic hydroxyl groups excluding tert-OH is 2. The van der Waals surface area contributed by atoms with Gasteiger partial charge < -0.3 is 15.0 Å². The molecule has 3 aliphatic carbocycles. The van der Waals surface area contributed by atoms with Crippen molar-refractivity contribution < 1.29 is 15.0 Å². The van der Waals surface area contributed by atoms with Gasteiger partial charge in [-0.05, 0) is 62.2 Å². The molecule has 0 aliphatic heterocycles. The van der Waals surface area contributed by atoms with Crippen LogP contribution >= 0.6 is 0 Å². The highest BCUT2D eigenvalue weighted by Gasteiger charge is 2.44. The maximum atomic E-state index is 10.5. The zero-order valence-corrected chi connectivity index (χ0v) is 16.2. The first-order chi connectivity index (χ1) is 12.6. The fourth-order valence-electron chi connectivity index (χ4n) is 5.48. The summed E-state index contributed by atoms with van der Waals surface area (Å²) in [7, 11) is 0. The number of carbonyl (C=O) groups is 1. The van der Waals surface area contributed by atoms with E-state index in [1.165, 1.54) is 24.8 Å². The van der Waals surface area contributed by atoms with Crippen molar-refractivity contribution in [1.82, 2.24) is 0 Å². The van der Waals surface area contributed by atoms with Crippen LogP contribution in [0.3, 0.4) is 0 Å². The van der Waals surface area contributed by atoms with E-state index in [4.69, 9.17) is 0 Å². The molecule has 3 aliphatic rings. The van der Waals surface area contributed by atoms with Crippen LogP contribution in [0, 0.1) is 29.6 Å². The van der Waals surface area contributed by atoms with Crippen molar-refractivity contribution in [2.24, 2.45) is 29.6 Å². The summed E-state index contributed by atoms with van der Waals surface area (Å²) >= 11 is 0. The summed E-state index contributed by atoms with van der Waals surface area (Å²) in [6, 6.07) is 0. The predicted octanol–water partition coefficient (Wildman–Crippen LogP) is 4.43. The van der Waals surface area contributed by atoms with Gasteiger partial charge in [0, 0.05) is 12.3 Å². The maximum absolute atomic E-state index is 10.5. The van der Waals surface area contributed by atoms with E-state index in [0.717, 1.165) is 44.8 Å². The van der Waals surface area contributed by atoms with Crippen LogP contribution in [0.4, 0.5) is 0 Å². The minimum atomic E-state index is -0.349. The van der Waals surface area contributed by atoms with Gasteiger partial charge in [-0.3, -0.25) is 0 Å². The topological polar surface area (TPSA) is 57.5 Å². The maximum Gasteiger partial charge on any atom is 0.119 e. The lowest BCUT2D eigenvalue weighted by atomic mass is 9.83. The van der Waals surface area contributed by atoms with E-state index in [0.29, 0.717) is 30.1 Å². The summed E-state index contributed by atoms with van der Waals surface area (Å²) in [4.78, 5) is 10.5. The van der Waals surface area contributed by atoms with Crippen LogP contribution in [0.2, 0.25) is 0 Å². The molecule has 0 aromatic carbocycles. The largest absolute Gasteiger partial charge is 0.392 e. The number of allylic oxidation sites excluding steroid dienone is 2. The van der Waals surface area contributed by atoms with Crippen molar-refractivity contribution in [2.75, 3.05) is 0 Å². The van der Waals surface area contributed by atoms with Gasteiger partial charge in [-0.1, -0.05) is 50.0 Å². The number of carbonyl (C=O) groups excluding carboxylic acids is 1. The van der Waals surface area contributed by atoms with E-state index >= 15 is 0 Å². The molecule has 2 fully saturated rings. The SMILES string of the molecule is CC(CCCC=O)C1=CC2C[C@@H](O)[C@H](/C=C/C(O)C3CCCCC3)C2C1. The van der Waals surface area contributed by atoms with E-state index in [2.05, 4.69) is 19.1 Å². The molecule has 2 N–H and O–H groups in total. The second-order valence-corrected chi connectivity index (χ2v) is 8.93. The van der Waals surface area contributed by atoms with Crippen LogP contribution in [-0.2, 0) is 4.79 Å². The Labute approximate surface area is 158 Å². The van der Waals surface area contributed by atoms with Crippen molar-refractivity contribution in [2.45, 2.75) is 83.3 Å². The van der Waals surface area contributed by atoms with Gasteiger partial charge in [0.15, 0.2) is 0 Å². The summed E-state index contributed by atoms with van der Waals surface area (Å²) in [5.74, 6) is 2.09. The highest BCUT2D eigenvalue weighted by molar-refractivity contribution is 5.49. The minimum absolute atomic E-state index is 0.175. The predicted molar refractivity (Wildman–Crippen MR) is 105 cm³/mol. The number of hydrogen-bond acceptors (Lipinski definition) is 3. The molecule has 0 radical (unpaired) electrons. The van der Waals surface area contributed by atoms with Crippen LogP contribution in [0.15, 0.2) is 23.8 Å². The van der Waals surface area contributed by atoms with Crippen molar-refractivity contribution in [3.05, 3.63) is 23.8 Å². The quantitative estimate of drug-likeness (QED) is 0.382. The van der Waals surface area contributed by atoms with Gasteiger partial charge in [-0.25, -0.2) is 0 Å². The third-order valence-corrected chi connectivity index (χ3v) is 7.16. The molecular weight excluding hydrogens is 324 g/mol. The van der Waals surface area contributed by atoms with Gasteiger partial charge >= 0.3 is 0 Å². The monoisotopic (exact) mass is 360 g/mol. The number of aldehydes is 1. The first-order valence-corrected chi connectivity index (χ1v) is 10.8. The summed E-state index contributed by atoms with van der Waals surface area (Å²) in [5, 5.41) is 21.0. The average Bonchev–Trinajstić information content (AvgIpc) is 3.18. The smallest absolute Gasteiger partial charge is 0.119 e. The zero-order valence-electron chi connectivity index (χ0n) is 16.2. The van der Waals surface area contributed by atoms with E-state index in [-0.39, 0.29) is 18.1 Å². The molecule has 3 rings (SSSR count). The summed E-state index contributed by atoms with van der Waals surface area (Å²) in [6.45, 7) is 2.27. The lowest BCUT2D eigenvalue weighted by Crippen LogP contribution is -2.22. The molecule has 2 saturated carbocycles. The number of unbranched alkanes of at least 4 members (excludes halogenated alkanes) is 1. The Kier molecular flexibility index (Phi) is 7.11. The first kappa shape index (κ1) is 19.8. The Balaban J connectivity index is 1.55. The summed E-state index contributed by atoms with van der Waals surface area (Å²) in [5.41, 5.74) is 1.52. The number of fused-ring (bicyclic) bond motifs is 1. The number of hydrogen-bond donors (Lipinski definition) is 2. The average molecular weight is 361 g/mol. The molecule has 0 amide bonds. The Hall–Kier alpha value is -0.930. The number of aliphatic hydroxyl groups is 2. The first-order valence-electron chi connectivity index (χ1n) is 10.8. The van der Waals surface area contributed by atoms with Gasteiger partial charge in [0.25, 0.3) is 0 Å². The third kappa shape index (κ3) is 4.67. The standard InChI is InChI=1S/C23H36O3/c1-16(7-5-6-12-24)18-13-19-15-23(26)20(21(19)14-18)10-11-22(25)17-8-3-2-4-9-17/h10-13,16-17,19-23,25-26H,2-9,14-15H2,1H3/b11-10+/t16?,19?,20-,21?,22?,23-/m1/s1. The van der Waals surface area contributed by atoms with Gasteiger partial charge in [-0.2, -0.15) is 0 Å². The van der Waals surface area contributed by atoms with Crippen molar-refractivity contribution in [3.63, 3.8) is 0 Å². The van der Waals surface area contributed by atoms with E-state index in [9.17, 15) is 15.0 Å². The molecule has 0 aromatic heterocycles. The van der Waals surface area contributed by atoms with Gasteiger partial charge in [0.2, 0.25) is 0 Å². The number of rotatable bonds is 8. The molecule has 3 heteroatoms. The molecule has 0 spiro atoms.